The van der Waals surface area contributed by atoms with Gasteiger partial charge < -0.3 is 14.8 Å². The Morgan fingerprint density at radius 1 is 1.50 bits per heavy atom. The summed E-state index contributed by atoms with van der Waals surface area (Å²) in [6.45, 7) is 7.40. The fourth-order valence-electron chi connectivity index (χ4n) is 2.57. The van der Waals surface area contributed by atoms with E-state index in [9.17, 15) is 0 Å². The standard InChI is InChI=1S/C17H25NO2/c1-11(2)15(10-18-4)7-14-9-17-13(6-12(3)20-17)8-16(14)19-5/h7-9,11-12,18H,6,10H2,1-5H3/b15-7-. The van der Waals surface area contributed by atoms with E-state index in [1.165, 1.54) is 11.1 Å². The number of ether oxygens (including phenoxy) is 2. The van der Waals surface area contributed by atoms with E-state index in [4.69, 9.17) is 9.47 Å². The summed E-state index contributed by atoms with van der Waals surface area (Å²) in [7, 11) is 3.70. The molecule has 3 nitrogen and oxygen atoms in total. The zero-order valence-electron chi connectivity index (χ0n) is 13.1. The fourth-order valence-corrected chi connectivity index (χ4v) is 2.57. The average molecular weight is 275 g/mol. The molecule has 0 bridgehead atoms. The summed E-state index contributed by atoms with van der Waals surface area (Å²) in [5.74, 6) is 2.42. The number of fused-ring (bicyclic) bond motifs is 1. The highest BCUT2D eigenvalue weighted by Gasteiger charge is 2.21. The second kappa shape index (κ2) is 6.31. The molecule has 1 aromatic rings. The topological polar surface area (TPSA) is 30.5 Å². The maximum atomic E-state index is 5.85. The monoisotopic (exact) mass is 275 g/mol. The summed E-state index contributed by atoms with van der Waals surface area (Å²) in [5.41, 5.74) is 3.70. The van der Waals surface area contributed by atoms with Crippen molar-refractivity contribution in [3.63, 3.8) is 0 Å². The second-order valence-electron chi connectivity index (χ2n) is 5.74. The quantitative estimate of drug-likeness (QED) is 0.894. The molecule has 3 heteroatoms. The van der Waals surface area contributed by atoms with Crippen molar-refractivity contribution >= 4 is 6.08 Å². The van der Waals surface area contributed by atoms with Gasteiger partial charge >= 0.3 is 0 Å². The Morgan fingerprint density at radius 3 is 2.85 bits per heavy atom. The second-order valence-corrected chi connectivity index (χ2v) is 5.74. The smallest absolute Gasteiger partial charge is 0.126 e. The summed E-state index contributed by atoms with van der Waals surface area (Å²) in [6.07, 6.45) is 3.44. The predicted molar refractivity (Wildman–Crippen MR) is 83.5 cm³/mol. The molecular weight excluding hydrogens is 250 g/mol. The van der Waals surface area contributed by atoms with Crippen LogP contribution in [0.4, 0.5) is 0 Å². The first kappa shape index (κ1) is 14.9. The number of nitrogens with one attached hydrogen (secondary N) is 1. The minimum atomic E-state index is 0.260. The van der Waals surface area contributed by atoms with Gasteiger partial charge in [0.05, 0.1) is 7.11 Å². The molecule has 1 atom stereocenters. The van der Waals surface area contributed by atoms with Gasteiger partial charge in [0.25, 0.3) is 0 Å². The molecule has 0 saturated heterocycles. The van der Waals surface area contributed by atoms with Gasteiger partial charge in [0.1, 0.15) is 17.6 Å². The molecule has 20 heavy (non-hydrogen) atoms. The molecule has 2 rings (SSSR count). The summed E-state index contributed by atoms with van der Waals surface area (Å²) in [5, 5.41) is 3.23. The molecule has 0 amide bonds. The molecule has 0 aromatic heterocycles. The molecule has 1 aromatic carbocycles. The number of methoxy groups -OCH3 is 1. The first-order valence-corrected chi connectivity index (χ1v) is 7.27. The highest BCUT2D eigenvalue weighted by atomic mass is 16.5. The lowest BCUT2D eigenvalue weighted by molar-refractivity contribution is 0.254. The Balaban J connectivity index is 2.40. The normalized spacial score (nSPS) is 18.1. The lowest BCUT2D eigenvalue weighted by atomic mass is 9.98. The van der Waals surface area contributed by atoms with Crippen LogP contribution in [0.15, 0.2) is 17.7 Å². The lowest BCUT2D eigenvalue weighted by Gasteiger charge is -2.13. The van der Waals surface area contributed by atoms with E-state index in [2.05, 4.69) is 44.3 Å². The van der Waals surface area contributed by atoms with Crippen LogP contribution in [0.5, 0.6) is 11.5 Å². The molecule has 1 N–H and O–H groups in total. The fraction of sp³-hybridized carbons (Fsp3) is 0.529. The van der Waals surface area contributed by atoms with Crippen molar-refractivity contribution in [1.82, 2.24) is 5.32 Å². The van der Waals surface area contributed by atoms with E-state index in [0.717, 1.165) is 30.0 Å². The van der Waals surface area contributed by atoms with Crippen LogP contribution in [0.1, 0.15) is 31.9 Å². The Morgan fingerprint density at radius 2 is 2.25 bits per heavy atom. The van der Waals surface area contributed by atoms with E-state index in [-0.39, 0.29) is 6.10 Å². The molecule has 1 unspecified atom stereocenters. The Kier molecular flexibility index (Phi) is 4.71. The first-order valence-electron chi connectivity index (χ1n) is 7.27. The van der Waals surface area contributed by atoms with Crippen LogP contribution < -0.4 is 14.8 Å². The molecular formula is C17H25NO2. The van der Waals surface area contributed by atoms with Crippen LogP contribution in [-0.2, 0) is 6.42 Å². The van der Waals surface area contributed by atoms with Crippen molar-refractivity contribution in [2.24, 2.45) is 5.92 Å². The number of rotatable bonds is 5. The molecule has 0 saturated carbocycles. The predicted octanol–water partition coefficient (Wildman–Crippen LogP) is 3.28. The van der Waals surface area contributed by atoms with Crippen molar-refractivity contribution in [2.45, 2.75) is 33.3 Å². The van der Waals surface area contributed by atoms with Crippen LogP contribution in [0.25, 0.3) is 6.08 Å². The van der Waals surface area contributed by atoms with Crippen molar-refractivity contribution in [3.8, 4) is 11.5 Å². The van der Waals surface area contributed by atoms with Crippen LogP contribution >= 0.6 is 0 Å². The van der Waals surface area contributed by atoms with Gasteiger partial charge in [-0.2, -0.15) is 0 Å². The zero-order valence-corrected chi connectivity index (χ0v) is 13.1. The highest BCUT2D eigenvalue weighted by molar-refractivity contribution is 5.64. The van der Waals surface area contributed by atoms with Gasteiger partial charge in [-0.25, -0.2) is 0 Å². The Bertz CT molecular complexity index is 506. The van der Waals surface area contributed by atoms with E-state index >= 15 is 0 Å². The van der Waals surface area contributed by atoms with E-state index in [1.54, 1.807) is 7.11 Å². The van der Waals surface area contributed by atoms with Gasteiger partial charge in [0.2, 0.25) is 0 Å². The number of hydrogen-bond donors (Lipinski definition) is 1. The average Bonchev–Trinajstić information content (AvgIpc) is 2.76. The molecule has 0 spiro atoms. The first-order chi connectivity index (χ1) is 9.55. The zero-order chi connectivity index (χ0) is 14.7. The van der Waals surface area contributed by atoms with Gasteiger partial charge in [-0.1, -0.05) is 25.5 Å². The molecule has 0 fully saturated rings. The highest BCUT2D eigenvalue weighted by Crippen LogP contribution is 2.36. The van der Waals surface area contributed by atoms with Crippen LogP contribution in [0.2, 0.25) is 0 Å². The third kappa shape index (κ3) is 3.15. The van der Waals surface area contributed by atoms with Gasteiger partial charge in [-0.3, -0.25) is 0 Å². The Labute approximate surface area is 122 Å². The molecule has 0 aliphatic carbocycles. The van der Waals surface area contributed by atoms with Crippen molar-refractivity contribution < 1.29 is 9.47 Å². The van der Waals surface area contributed by atoms with Gasteiger partial charge in [-0.05, 0) is 32.0 Å². The minimum absolute atomic E-state index is 0.260. The van der Waals surface area contributed by atoms with Crippen molar-refractivity contribution in [2.75, 3.05) is 20.7 Å². The number of benzene rings is 1. The summed E-state index contributed by atoms with van der Waals surface area (Å²) < 4.78 is 11.4. The van der Waals surface area contributed by atoms with Crippen molar-refractivity contribution in [1.29, 1.82) is 0 Å². The molecule has 110 valence electrons. The van der Waals surface area contributed by atoms with Crippen LogP contribution in [0.3, 0.4) is 0 Å². The maximum Gasteiger partial charge on any atom is 0.126 e. The van der Waals surface area contributed by atoms with Gasteiger partial charge in [0, 0.05) is 24.1 Å². The number of hydrogen-bond acceptors (Lipinski definition) is 3. The lowest BCUT2D eigenvalue weighted by Crippen LogP contribution is -2.13. The van der Waals surface area contributed by atoms with E-state index in [0.29, 0.717) is 5.92 Å². The van der Waals surface area contributed by atoms with Crippen molar-refractivity contribution in [3.05, 3.63) is 28.8 Å². The third-order valence-electron chi connectivity index (χ3n) is 3.71. The minimum Gasteiger partial charge on any atom is -0.496 e. The molecule has 1 heterocycles. The SMILES string of the molecule is CNC/C(=C/c1cc2c(cc1OC)CC(C)O2)C(C)C. The molecule has 0 radical (unpaired) electrons. The van der Waals surface area contributed by atoms with Gasteiger partial charge in [0.15, 0.2) is 0 Å². The van der Waals surface area contributed by atoms with Crippen LogP contribution in [-0.4, -0.2) is 26.8 Å². The van der Waals surface area contributed by atoms with Crippen LogP contribution in [0, 0.1) is 5.92 Å². The van der Waals surface area contributed by atoms with E-state index in [1.807, 2.05) is 7.05 Å². The number of likely N-dealkylation sites (N-methyl/N-ethyl adjacent to an activating group) is 1. The van der Waals surface area contributed by atoms with Gasteiger partial charge in [-0.15, -0.1) is 0 Å². The maximum absolute atomic E-state index is 5.85. The summed E-state index contributed by atoms with van der Waals surface area (Å²) in [4.78, 5) is 0. The van der Waals surface area contributed by atoms with E-state index < -0.39 is 0 Å². The third-order valence-corrected chi connectivity index (χ3v) is 3.71. The molecule has 1 aliphatic rings. The largest absolute Gasteiger partial charge is 0.496 e. The summed E-state index contributed by atoms with van der Waals surface area (Å²) >= 11 is 0. The summed E-state index contributed by atoms with van der Waals surface area (Å²) in [6, 6.07) is 4.22. The Hall–Kier alpha value is -1.48. The molecule has 1 aliphatic heterocycles.